The first-order valence-electron chi connectivity index (χ1n) is 5.76. The third kappa shape index (κ3) is 4.87. The van der Waals surface area contributed by atoms with Crippen LogP contribution in [-0.2, 0) is 9.59 Å². The molecule has 0 heterocycles. The maximum absolute atomic E-state index is 11.6. The fraction of sp³-hybridized carbons (Fsp3) is 0.385. The smallest absolute Gasteiger partial charge is 0.323 e. The van der Waals surface area contributed by atoms with Crippen LogP contribution in [0.1, 0.15) is 6.42 Å². The number of likely N-dealkylation sites (N-methyl/N-ethyl adjacent to an activating group) is 1. The lowest BCUT2D eigenvalue weighted by atomic mass is 10.3. The highest BCUT2D eigenvalue weighted by atomic mass is 16.5. The molecule has 19 heavy (non-hydrogen) atoms. The minimum absolute atomic E-state index is 0.113. The molecule has 1 rings (SSSR count). The van der Waals surface area contributed by atoms with Crippen molar-refractivity contribution in [3.63, 3.8) is 0 Å². The molecule has 0 bridgehead atoms. The lowest BCUT2D eigenvalue weighted by Gasteiger charge is -2.15. The van der Waals surface area contributed by atoms with Gasteiger partial charge >= 0.3 is 5.97 Å². The zero-order valence-corrected chi connectivity index (χ0v) is 11.0. The van der Waals surface area contributed by atoms with Crippen LogP contribution in [0.2, 0.25) is 0 Å². The zero-order valence-electron chi connectivity index (χ0n) is 11.0. The second-order valence-electron chi connectivity index (χ2n) is 3.89. The van der Waals surface area contributed by atoms with Gasteiger partial charge in [0.1, 0.15) is 6.54 Å². The van der Waals surface area contributed by atoms with E-state index in [1.165, 1.54) is 14.2 Å². The van der Waals surface area contributed by atoms with E-state index in [1.54, 1.807) is 18.2 Å². The number of para-hydroxylation sites is 2. The monoisotopic (exact) mass is 267 g/mol. The number of methoxy groups -OCH3 is 1. The molecule has 0 saturated carbocycles. The van der Waals surface area contributed by atoms with Crippen molar-refractivity contribution in [2.24, 2.45) is 0 Å². The number of nitrogens with zero attached hydrogens (tertiary/aromatic N) is 1. The number of carboxylic acid groups (broad SMARTS) is 1. The largest absolute Gasteiger partial charge is 0.493 e. The Bertz CT molecular complexity index is 446. The second kappa shape index (κ2) is 7.25. The van der Waals surface area contributed by atoms with Gasteiger partial charge in [-0.15, -0.1) is 0 Å². The van der Waals surface area contributed by atoms with Crippen molar-refractivity contribution in [3.05, 3.63) is 24.3 Å². The molecule has 1 N–H and O–H groups in total. The number of ether oxygens (including phenoxy) is 2. The molecule has 0 radical (unpaired) electrons. The number of carboxylic acids is 1. The highest BCUT2D eigenvalue weighted by Crippen LogP contribution is 2.25. The summed E-state index contributed by atoms with van der Waals surface area (Å²) in [5, 5.41) is 8.56. The van der Waals surface area contributed by atoms with E-state index in [1.807, 2.05) is 6.07 Å². The Morgan fingerprint density at radius 1 is 1.26 bits per heavy atom. The Labute approximate surface area is 111 Å². The number of amides is 1. The van der Waals surface area contributed by atoms with E-state index in [4.69, 9.17) is 14.6 Å². The third-order valence-corrected chi connectivity index (χ3v) is 2.44. The predicted octanol–water partition coefficient (Wildman–Crippen LogP) is 1.01. The molecule has 104 valence electrons. The lowest BCUT2D eigenvalue weighted by Crippen LogP contribution is -2.32. The Kier molecular flexibility index (Phi) is 5.66. The molecule has 0 aliphatic heterocycles. The second-order valence-corrected chi connectivity index (χ2v) is 3.89. The summed E-state index contributed by atoms with van der Waals surface area (Å²) in [6.45, 7) is -0.142. The molecule has 0 unspecified atom stereocenters. The molecule has 0 saturated heterocycles. The summed E-state index contributed by atoms with van der Waals surface area (Å²) in [7, 11) is 2.98. The fourth-order valence-electron chi connectivity index (χ4n) is 1.47. The molecular formula is C13H17NO5. The fourth-order valence-corrected chi connectivity index (χ4v) is 1.47. The minimum atomic E-state index is -1.04. The zero-order chi connectivity index (χ0) is 14.3. The molecule has 0 spiro atoms. The van der Waals surface area contributed by atoms with Gasteiger partial charge in [0.2, 0.25) is 5.91 Å². The highest BCUT2D eigenvalue weighted by Gasteiger charge is 2.12. The van der Waals surface area contributed by atoms with Crippen LogP contribution in [0.15, 0.2) is 24.3 Å². The summed E-state index contributed by atoms with van der Waals surface area (Å²) in [6, 6.07) is 7.12. The number of rotatable bonds is 7. The lowest BCUT2D eigenvalue weighted by molar-refractivity contribution is -0.143. The molecule has 6 nitrogen and oxygen atoms in total. The van der Waals surface area contributed by atoms with E-state index in [9.17, 15) is 9.59 Å². The molecule has 6 heteroatoms. The van der Waals surface area contributed by atoms with Gasteiger partial charge in [-0.2, -0.15) is 0 Å². The molecule has 1 aromatic carbocycles. The molecule has 0 fully saturated rings. The van der Waals surface area contributed by atoms with E-state index >= 15 is 0 Å². The average molecular weight is 267 g/mol. The van der Waals surface area contributed by atoms with E-state index in [0.717, 1.165) is 4.90 Å². The normalized spacial score (nSPS) is 9.79. The van der Waals surface area contributed by atoms with Crippen molar-refractivity contribution in [2.45, 2.75) is 6.42 Å². The van der Waals surface area contributed by atoms with Crippen LogP contribution in [0.5, 0.6) is 11.5 Å². The van der Waals surface area contributed by atoms with Crippen molar-refractivity contribution in [1.82, 2.24) is 4.90 Å². The average Bonchev–Trinajstić information content (AvgIpc) is 2.38. The Morgan fingerprint density at radius 3 is 2.47 bits per heavy atom. The molecule has 0 aliphatic carbocycles. The van der Waals surface area contributed by atoms with Crippen molar-refractivity contribution in [1.29, 1.82) is 0 Å². The topological polar surface area (TPSA) is 76.1 Å². The number of benzene rings is 1. The van der Waals surface area contributed by atoms with Gasteiger partial charge in [-0.3, -0.25) is 9.59 Å². The first-order valence-corrected chi connectivity index (χ1v) is 5.76. The Morgan fingerprint density at radius 2 is 1.89 bits per heavy atom. The van der Waals surface area contributed by atoms with Crippen LogP contribution in [0.4, 0.5) is 0 Å². The van der Waals surface area contributed by atoms with Gasteiger partial charge in [0, 0.05) is 7.05 Å². The summed E-state index contributed by atoms with van der Waals surface area (Å²) in [5.41, 5.74) is 0. The van der Waals surface area contributed by atoms with Crippen LogP contribution in [0.3, 0.4) is 0 Å². The van der Waals surface area contributed by atoms with Gasteiger partial charge in [0.15, 0.2) is 11.5 Å². The Balaban J connectivity index is 2.41. The standard InChI is InChI=1S/C13H17NO5/c1-14(9-13(16)17)12(15)7-8-19-11-6-4-3-5-10(11)18-2/h3-6H,7-9H2,1-2H3,(H,16,17). The minimum Gasteiger partial charge on any atom is -0.493 e. The van der Waals surface area contributed by atoms with Gasteiger partial charge in [0.05, 0.1) is 20.1 Å². The summed E-state index contributed by atoms with van der Waals surface area (Å²) in [4.78, 5) is 23.2. The molecule has 0 aromatic heterocycles. The van der Waals surface area contributed by atoms with Crippen molar-refractivity contribution >= 4 is 11.9 Å². The number of carbonyl (C=O) groups excluding carboxylic acids is 1. The Hall–Kier alpha value is -2.24. The maximum Gasteiger partial charge on any atom is 0.323 e. The van der Waals surface area contributed by atoms with Gasteiger partial charge in [-0.05, 0) is 12.1 Å². The predicted molar refractivity (Wildman–Crippen MR) is 68.4 cm³/mol. The third-order valence-electron chi connectivity index (χ3n) is 2.44. The molecular weight excluding hydrogens is 250 g/mol. The highest BCUT2D eigenvalue weighted by molar-refractivity contribution is 5.81. The van der Waals surface area contributed by atoms with E-state index < -0.39 is 5.97 Å². The van der Waals surface area contributed by atoms with Crippen LogP contribution in [-0.4, -0.2) is 49.2 Å². The van der Waals surface area contributed by atoms with E-state index in [2.05, 4.69) is 0 Å². The molecule has 1 amide bonds. The van der Waals surface area contributed by atoms with Crippen molar-refractivity contribution in [2.75, 3.05) is 27.3 Å². The summed E-state index contributed by atoms with van der Waals surface area (Å²) in [5.74, 6) is -0.175. The summed E-state index contributed by atoms with van der Waals surface area (Å²) in [6.07, 6.45) is 0.113. The number of carbonyl (C=O) groups is 2. The summed E-state index contributed by atoms with van der Waals surface area (Å²) >= 11 is 0. The van der Waals surface area contributed by atoms with Crippen LogP contribution < -0.4 is 9.47 Å². The number of hydrogen-bond acceptors (Lipinski definition) is 4. The maximum atomic E-state index is 11.6. The summed E-state index contributed by atoms with van der Waals surface area (Å²) < 4.78 is 10.5. The van der Waals surface area contributed by atoms with Gasteiger partial charge in [0.25, 0.3) is 0 Å². The van der Waals surface area contributed by atoms with Crippen molar-refractivity contribution in [3.8, 4) is 11.5 Å². The first kappa shape index (κ1) is 14.8. The molecule has 1 aromatic rings. The van der Waals surface area contributed by atoms with Crippen LogP contribution in [0, 0.1) is 0 Å². The van der Waals surface area contributed by atoms with Gasteiger partial charge in [-0.25, -0.2) is 0 Å². The van der Waals surface area contributed by atoms with Crippen molar-refractivity contribution < 1.29 is 24.2 Å². The van der Waals surface area contributed by atoms with Crippen LogP contribution in [0.25, 0.3) is 0 Å². The molecule has 0 atom stereocenters. The number of aliphatic carboxylic acids is 1. The van der Waals surface area contributed by atoms with Gasteiger partial charge < -0.3 is 19.5 Å². The quantitative estimate of drug-likeness (QED) is 0.797. The first-order chi connectivity index (χ1) is 9.04. The van der Waals surface area contributed by atoms with Crippen LogP contribution >= 0.6 is 0 Å². The number of hydrogen-bond donors (Lipinski definition) is 1. The molecule has 0 aliphatic rings. The van der Waals surface area contributed by atoms with Gasteiger partial charge in [-0.1, -0.05) is 12.1 Å². The van der Waals surface area contributed by atoms with E-state index in [-0.39, 0.29) is 25.5 Å². The SMILES string of the molecule is COc1ccccc1OCCC(=O)N(C)CC(=O)O. The van der Waals surface area contributed by atoms with E-state index in [0.29, 0.717) is 11.5 Å².